The normalized spacial score (nSPS) is 11.1. The maximum Gasteiger partial charge on any atom is 0.336 e. The Morgan fingerprint density at radius 3 is 2.68 bits per heavy atom. The number of nitrogens with zero attached hydrogens (tertiary/aromatic N) is 3. The van der Waals surface area contributed by atoms with E-state index in [-0.39, 0.29) is 11.3 Å². The summed E-state index contributed by atoms with van der Waals surface area (Å²) in [6, 6.07) is 9.72. The van der Waals surface area contributed by atoms with Crippen LogP contribution in [0.3, 0.4) is 0 Å². The van der Waals surface area contributed by atoms with Gasteiger partial charge in [0.1, 0.15) is 17.3 Å². The number of hydrogen-bond acceptors (Lipinski definition) is 3. The van der Waals surface area contributed by atoms with Crippen LogP contribution in [0.2, 0.25) is 0 Å². The van der Waals surface area contributed by atoms with Gasteiger partial charge < -0.3 is 5.11 Å². The number of carboxylic acid groups (broad SMARTS) is 1. The highest BCUT2D eigenvalue weighted by molar-refractivity contribution is 9.10. The van der Waals surface area contributed by atoms with Crippen LogP contribution in [0.25, 0.3) is 27.8 Å². The second-order valence-electron chi connectivity index (χ2n) is 6.17. The van der Waals surface area contributed by atoms with Crippen molar-refractivity contribution >= 4 is 32.8 Å². The van der Waals surface area contributed by atoms with Crippen molar-refractivity contribution in [1.82, 2.24) is 14.8 Å². The van der Waals surface area contributed by atoms with Gasteiger partial charge in [-0.15, -0.1) is 0 Å². The minimum absolute atomic E-state index is 0.0353. The van der Waals surface area contributed by atoms with Crippen molar-refractivity contribution in [2.45, 2.75) is 6.92 Å². The van der Waals surface area contributed by atoms with Crippen LogP contribution in [0.5, 0.6) is 0 Å². The molecule has 0 radical (unpaired) electrons. The van der Waals surface area contributed by atoms with Crippen LogP contribution < -0.4 is 0 Å². The lowest BCUT2D eigenvalue weighted by Gasteiger charge is -2.09. The summed E-state index contributed by atoms with van der Waals surface area (Å²) >= 11 is 3.33. The third kappa shape index (κ3) is 3.05. The van der Waals surface area contributed by atoms with Gasteiger partial charge in [0.15, 0.2) is 0 Å². The van der Waals surface area contributed by atoms with Gasteiger partial charge in [-0.2, -0.15) is 5.10 Å². The number of pyridine rings is 1. The minimum atomic E-state index is -1.09. The lowest BCUT2D eigenvalue weighted by molar-refractivity contribution is 0.0699. The van der Waals surface area contributed by atoms with Crippen molar-refractivity contribution in [2.75, 3.05) is 0 Å². The van der Waals surface area contributed by atoms with Gasteiger partial charge in [0.25, 0.3) is 0 Å². The van der Waals surface area contributed by atoms with Crippen LogP contribution in [0.1, 0.15) is 16.1 Å². The van der Waals surface area contributed by atoms with E-state index in [9.17, 15) is 18.7 Å². The van der Waals surface area contributed by atoms with E-state index in [0.717, 1.165) is 22.7 Å². The van der Waals surface area contributed by atoms with Crippen molar-refractivity contribution in [1.29, 1.82) is 0 Å². The van der Waals surface area contributed by atoms with Crippen molar-refractivity contribution < 1.29 is 18.7 Å². The smallest absolute Gasteiger partial charge is 0.336 e. The van der Waals surface area contributed by atoms with Gasteiger partial charge in [-0.25, -0.2) is 23.2 Å². The fourth-order valence-electron chi connectivity index (χ4n) is 3.06. The summed E-state index contributed by atoms with van der Waals surface area (Å²) < 4.78 is 29.7. The average Bonchev–Trinajstić information content (AvgIpc) is 3.04. The number of halogens is 3. The van der Waals surface area contributed by atoms with E-state index in [1.165, 1.54) is 16.9 Å². The fraction of sp³-hybridized carbons (Fsp3) is 0.0500. The largest absolute Gasteiger partial charge is 0.478 e. The Hall–Kier alpha value is -3.13. The molecule has 0 atom stereocenters. The molecule has 2 heterocycles. The molecule has 0 fully saturated rings. The Balaban J connectivity index is 1.92. The second-order valence-corrected chi connectivity index (χ2v) is 7.09. The Kier molecular flexibility index (Phi) is 4.43. The lowest BCUT2D eigenvalue weighted by atomic mass is 10.0. The van der Waals surface area contributed by atoms with Gasteiger partial charge in [-0.3, -0.25) is 0 Å². The predicted octanol–water partition coefficient (Wildman–Crippen LogP) is 5.13. The molecule has 0 aliphatic heterocycles. The van der Waals surface area contributed by atoms with Gasteiger partial charge in [0.2, 0.25) is 0 Å². The van der Waals surface area contributed by atoms with Gasteiger partial charge in [-0.05, 0) is 43.3 Å². The first kappa shape index (κ1) is 18.2. The van der Waals surface area contributed by atoms with Gasteiger partial charge in [0.05, 0.1) is 28.7 Å². The first-order valence-electron chi connectivity index (χ1n) is 8.19. The SMILES string of the molecule is Cc1c(-c2cc(C(=O)O)c3cc(Br)ccc3n2)cnn1-c1cc(F)ccc1F. The average molecular weight is 444 g/mol. The zero-order valence-corrected chi connectivity index (χ0v) is 16.0. The molecule has 5 nitrogen and oxygen atoms in total. The molecule has 0 aliphatic carbocycles. The number of aromatic nitrogens is 3. The zero-order valence-electron chi connectivity index (χ0n) is 14.4. The summed E-state index contributed by atoms with van der Waals surface area (Å²) in [7, 11) is 0. The highest BCUT2D eigenvalue weighted by Gasteiger charge is 2.18. The fourth-order valence-corrected chi connectivity index (χ4v) is 3.43. The number of carboxylic acids is 1. The minimum Gasteiger partial charge on any atom is -0.478 e. The number of aromatic carboxylic acids is 1. The molecule has 4 rings (SSSR count). The van der Waals surface area contributed by atoms with E-state index in [0.29, 0.717) is 27.9 Å². The highest BCUT2D eigenvalue weighted by Crippen LogP contribution is 2.30. The molecule has 4 aromatic rings. The van der Waals surface area contributed by atoms with E-state index in [1.807, 2.05) is 0 Å². The second kappa shape index (κ2) is 6.79. The molecule has 0 unspecified atom stereocenters. The molecular weight excluding hydrogens is 432 g/mol. The van der Waals surface area contributed by atoms with E-state index < -0.39 is 17.6 Å². The number of hydrogen-bond donors (Lipinski definition) is 1. The molecule has 8 heteroatoms. The van der Waals surface area contributed by atoms with Crippen LogP contribution in [0.4, 0.5) is 8.78 Å². The van der Waals surface area contributed by atoms with Crippen LogP contribution in [-0.4, -0.2) is 25.8 Å². The predicted molar refractivity (Wildman–Crippen MR) is 104 cm³/mol. The lowest BCUT2D eigenvalue weighted by Crippen LogP contribution is -2.03. The third-order valence-corrected chi connectivity index (χ3v) is 4.92. The molecule has 140 valence electrons. The molecule has 0 bridgehead atoms. The van der Waals surface area contributed by atoms with Crippen molar-refractivity contribution in [3.8, 4) is 16.9 Å². The van der Waals surface area contributed by atoms with E-state index >= 15 is 0 Å². The van der Waals surface area contributed by atoms with E-state index in [2.05, 4.69) is 26.0 Å². The number of rotatable bonds is 3. The Morgan fingerprint density at radius 2 is 1.93 bits per heavy atom. The summed E-state index contributed by atoms with van der Waals surface area (Å²) in [5, 5.41) is 14.2. The summed E-state index contributed by atoms with van der Waals surface area (Å²) in [5.74, 6) is -2.30. The molecule has 2 aromatic heterocycles. The maximum atomic E-state index is 14.1. The van der Waals surface area contributed by atoms with Gasteiger partial charge in [-0.1, -0.05) is 15.9 Å². The molecule has 2 aromatic carbocycles. The van der Waals surface area contributed by atoms with Crippen LogP contribution >= 0.6 is 15.9 Å². The quantitative estimate of drug-likeness (QED) is 0.476. The van der Waals surface area contributed by atoms with Crippen molar-refractivity contribution in [2.24, 2.45) is 0 Å². The molecule has 0 amide bonds. The van der Waals surface area contributed by atoms with Crippen LogP contribution in [0, 0.1) is 18.6 Å². The summed E-state index contributed by atoms with van der Waals surface area (Å²) in [6.07, 6.45) is 1.46. The third-order valence-electron chi connectivity index (χ3n) is 4.42. The number of carbonyl (C=O) groups is 1. The number of benzene rings is 2. The Bertz CT molecular complexity index is 1250. The molecule has 28 heavy (non-hydrogen) atoms. The molecule has 0 saturated carbocycles. The molecule has 0 spiro atoms. The van der Waals surface area contributed by atoms with Gasteiger partial charge in [0, 0.05) is 21.5 Å². The Labute approximate surface area is 166 Å². The topological polar surface area (TPSA) is 68.0 Å². The van der Waals surface area contributed by atoms with E-state index in [1.54, 1.807) is 25.1 Å². The van der Waals surface area contributed by atoms with Crippen molar-refractivity contribution in [3.05, 3.63) is 76.0 Å². The van der Waals surface area contributed by atoms with Crippen LogP contribution in [0.15, 0.2) is 53.1 Å². The monoisotopic (exact) mass is 443 g/mol. The van der Waals surface area contributed by atoms with Crippen molar-refractivity contribution in [3.63, 3.8) is 0 Å². The first-order valence-corrected chi connectivity index (χ1v) is 8.98. The Morgan fingerprint density at radius 1 is 1.14 bits per heavy atom. The highest BCUT2D eigenvalue weighted by atomic mass is 79.9. The maximum absolute atomic E-state index is 14.1. The van der Waals surface area contributed by atoms with Crippen LogP contribution in [-0.2, 0) is 0 Å². The first-order chi connectivity index (χ1) is 13.3. The number of fused-ring (bicyclic) bond motifs is 1. The summed E-state index contributed by atoms with van der Waals surface area (Å²) in [4.78, 5) is 16.3. The summed E-state index contributed by atoms with van der Waals surface area (Å²) in [6.45, 7) is 1.68. The molecular formula is C20H12BrF2N3O2. The molecule has 1 N–H and O–H groups in total. The van der Waals surface area contributed by atoms with Gasteiger partial charge >= 0.3 is 5.97 Å². The van der Waals surface area contributed by atoms with E-state index in [4.69, 9.17) is 0 Å². The summed E-state index contributed by atoms with van der Waals surface area (Å²) in [5.41, 5.74) is 1.97. The standard InChI is InChI=1S/C20H12BrF2N3O2/c1-10-15(9-24-26(10)19-7-12(22)3-4-16(19)23)18-8-14(20(27)28)13-6-11(21)2-5-17(13)25-18/h2-9H,1H3,(H,27,28). The molecule has 0 saturated heterocycles. The zero-order chi connectivity index (χ0) is 20.0. The molecule has 0 aliphatic rings.